The number of ether oxygens (including phenoxy) is 1. The summed E-state index contributed by atoms with van der Waals surface area (Å²) in [5.74, 6) is 2.51. The van der Waals surface area contributed by atoms with Crippen LogP contribution in [0, 0.1) is 11.3 Å². The highest BCUT2D eigenvalue weighted by molar-refractivity contribution is 5.33. The van der Waals surface area contributed by atoms with Crippen molar-refractivity contribution in [2.24, 2.45) is 11.3 Å². The van der Waals surface area contributed by atoms with E-state index >= 15 is 0 Å². The number of hydrogen-bond donors (Lipinski definition) is 1. The van der Waals surface area contributed by atoms with Crippen LogP contribution < -0.4 is 10.1 Å². The molecule has 1 N–H and O–H groups in total. The first-order chi connectivity index (χ1) is 12.4. The molecular formula is C21H31N3O2. The Morgan fingerprint density at radius 1 is 1.31 bits per heavy atom. The molecule has 0 saturated heterocycles. The third kappa shape index (κ3) is 4.10. The largest absolute Gasteiger partial charge is 0.496 e. The molecule has 0 radical (unpaired) electrons. The third-order valence-corrected chi connectivity index (χ3v) is 5.74. The molecule has 2 aromatic rings. The number of rotatable bonds is 8. The van der Waals surface area contributed by atoms with Gasteiger partial charge in [0, 0.05) is 24.2 Å². The van der Waals surface area contributed by atoms with E-state index in [2.05, 4.69) is 47.4 Å². The lowest BCUT2D eigenvalue weighted by Gasteiger charge is -2.52. The molecule has 1 heterocycles. The first kappa shape index (κ1) is 18.9. The molecule has 1 aliphatic rings. The molecule has 5 nitrogen and oxygen atoms in total. The number of nitrogens with zero attached hydrogens (tertiary/aromatic N) is 2. The molecule has 5 heteroatoms. The lowest BCUT2D eigenvalue weighted by atomic mass is 9.57. The van der Waals surface area contributed by atoms with Crippen molar-refractivity contribution < 1.29 is 9.26 Å². The van der Waals surface area contributed by atoms with Crippen molar-refractivity contribution in [2.75, 3.05) is 21.2 Å². The van der Waals surface area contributed by atoms with Crippen LogP contribution in [0.5, 0.6) is 5.75 Å². The standard InChI is InChI=1S/C21H31N3O2/c1-21(2)16(10-17-12-18(26-23-17)14-24(3)4)11-20(21)22-13-15-8-6-7-9-19(15)25-5/h6-9,12,16,20,22H,10-11,13-14H2,1-5H3/t16-,20+/m1/s1. The van der Waals surface area contributed by atoms with E-state index in [9.17, 15) is 0 Å². The second-order valence-corrected chi connectivity index (χ2v) is 8.23. The number of aromatic nitrogens is 1. The van der Waals surface area contributed by atoms with Gasteiger partial charge < -0.3 is 19.5 Å². The molecule has 142 valence electrons. The molecule has 1 aromatic heterocycles. The van der Waals surface area contributed by atoms with Crippen LogP contribution in [0.25, 0.3) is 0 Å². The Morgan fingerprint density at radius 2 is 2.08 bits per heavy atom. The Balaban J connectivity index is 1.53. The van der Waals surface area contributed by atoms with Gasteiger partial charge in [0.1, 0.15) is 5.75 Å². The van der Waals surface area contributed by atoms with E-state index in [4.69, 9.17) is 9.26 Å². The number of para-hydroxylation sites is 1. The zero-order valence-electron chi connectivity index (χ0n) is 16.6. The highest BCUT2D eigenvalue weighted by atomic mass is 16.5. The Labute approximate surface area is 156 Å². The fraction of sp³-hybridized carbons (Fsp3) is 0.571. The predicted molar refractivity (Wildman–Crippen MR) is 103 cm³/mol. The van der Waals surface area contributed by atoms with Crippen molar-refractivity contribution >= 4 is 0 Å². The van der Waals surface area contributed by atoms with Crippen LogP contribution in [0.2, 0.25) is 0 Å². The second-order valence-electron chi connectivity index (χ2n) is 8.23. The van der Waals surface area contributed by atoms with Crippen molar-refractivity contribution in [2.45, 2.75) is 45.8 Å². The molecular weight excluding hydrogens is 326 g/mol. The quantitative estimate of drug-likeness (QED) is 0.784. The summed E-state index contributed by atoms with van der Waals surface area (Å²) in [6, 6.07) is 10.8. The van der Waals surface area contributed by atoms with Gasteiger partial charge in [-0.2, -0.15) is 0 Å². The second kappa shape index (κ2) is 7.80. The van der Waals surface area contributed by atoms with E-state index in [1.165, 1.54) is 5.56 Å². The van der Waals surface area contributed by atoms with Crippen LogP contribution in [0.1, 0.15) is 37.3 Å². The lowest BCUT2D eigenvalue weighted by molar-refractivity contribution is 0.0124. The number of hydrogen-bond acceptors (Lipinski definition) is 5. The SMILES string of the molecule is COc1ccccc1CN[C@H]1C[C@@H](Cc2cc(CN(C)C)on2)C1(C)C. The monoisotopic (exact) mass is 357 g/mol. The third-order valence-electron chi connectivity index (χ3n) is 5.74. The molecule has 1 aliphatic carbocycles. The molecule has 0 unspecified atom stereocenters. The van der Waals surface area contributed by atoms with Crippen LogP contribution in [0.15, 0.2) is 34.9 Å². The maximum atomic E-state index is 5.45. The summed E-state index contributed by atoms with van der Waals surface area (Å²) in [5, 5.41) is 7.98. The Hall–Kier alpha value is -1.85. The smallest absolute Gasteiger partial charge is 0.150 e. The van der Waals surface area contributed by atoms with Gasteiger partial charge in [-0.3, -0.25) is 0 Å². The van der Waals surface area contributed by atoms with E-state index in [0.717, 1.165) is 43.1 Å². The van der Waals surface area contributed by atoms with Crippen molar-refractivity contribution in [3.63, 3.8) is 0 Å². The molecule has 0 bridgehead atoms. The minimum absolute atomic E-state index is 0.239. The van der Waals surface area contributed by atoms with Crippen molar-refractivity contribution in [1.29, 1.82) is 0 Å². The predicted octanol–water partition coefficient (Wildman–Crippen LogP) is 3.49. The van der Waals surface area contributed by atoms with Crippen LogP contribution >= 0.6 is 0 Å². The van der Waals surface area contributed by atoms with Gasteiger partial charge in [-0.05, 0) is 44.3 Å². The number of benzene rings is 1. The van der Waals surface area contributed by atoms with E-state index in [0.29, 0.717) is 12.0 Å². The van der Waals surface area contributed by atoms with Crippen LogP contribution in [-0.2, 0) is 19.5 Å². The average Bonchev–Trinajstić information content (AvgIpc) is 3.04. The van der Waals surface area contributed by atoms with Gasteiger partial charge in [-0.1, -0.05) is 37.2 Å². The summed E-state index contributed by atoms with van der Waals surface area (Å²) in [7, 11) is 5.80. The van der Waals surface area contributed by atoms with Gasteiger partial charge >= 0.3 is 0 Å². The highest BCUT2D eigenvalue weighted by Gasteiger charge is 2.47. The molecule has 3 rings (SSSR count). The molecule has 0 amide bonds. The highest BCUT2D eigenvalue weighted by Crippen LogP contribution is 2.48. The van der Waals surface area contributed by atoms with Crippen molar-refractivity contribution in [3.8, 4) is 5.75 Å². The van der Waals surface area contributed by atoms with Gasteiger partial charge in [-0.25, -0.2) is 0 Å². The summed E-state index contributed by atoms with van der Waals surface area (Å²) in [6.45, 7) is 6.33. The van der Waals surface area contributed by atoms with E-state index in [1.807, 2.05) is 26.2 Å². The summed E-state index contributed by atoms with van der Waals surface area (Å²) >= 11 is 0. The van der Waals surface area contributed by atoms with Crippen LogP contribution in [0.4, 0.5) is 0 Å². The molecule has 0 aliphatic heterocycles. The topological polar surface area (TPSA) is 50.5 Å². The molecule has 0 spiro atoms. The molecule has 2 atom stereocenters. The van der Waals surface area contributed by atoms with Crippen LogP contribution in [0.3, 0.4) is 0 Å². The zero-order valence-corrected chi connectivity index (χ0v) is 16.6. The number of nitrogens with one attached hydrogen (secondary N) is 1. The maximum Gasteiger partial charge on any atom is 0.150 e. The Morgan fingerprint density at radius 3 is 2.77 bits per heavy atom. The van der Waals surface area contributed by atoms with Crippen LogP contribution in [-0.4, -0.2) is 37.3 Å². The number of methoxy groups -OCH3 is 1. The van der Waals surface area contributed by atoms with Crippen molar-refractivity contribution in [3.05, 3.63) is 47.3 Å². The minimum atomic E-state index is 0.239. The van der Waals surface area contributed by atoms with E-state index in [1.54, 1.807) is 7.11 Å². The summed E-state index contributed by atoms with van der Waals surface area (Å²) in [5.41, 5.74) is 2.52. The fourth-order valence-electron chi connectivity index (χ4n) is 3.88. The van der Waals surface area contributed by atoms with Crippen molar-refractivity contribution in [1.82, 2.24) is 15.4 Å². The molecule has 1 aromatic carbocycles. The van der Waals surface area contributed by atoms with Gasteiger partial charge in [0.15, 0.2) is 5.76 Å². The zero-order chi connectivity index (χ0) is 18.7. The Bertz CT molecular complexity index is 724. The first-order valence-corrected chi connectivity index (χ1v) is 9.34. The molecule has 1 saturated carbocycles. The minimum Gasteiger partial charge on any atom is -0.496 e. The molecule has 26 heavy (non-hydrogen) atoms. The maximum absolute atomic E-state index is 5.45. The Kier molecular flexibility index (Phi) is 5.68. The normalized spacial score (nSPS) is 21.6. The summed E-state index contributed by atoms with van der Waals surface area (Å²) in [4.78, 5) is 2.09. The molecule has 1 fully saturated rings. The van der Waals surface area contributed by atoms with E-state index in [-0.39, 0.29) is 5.41 Å². The first-order valence-electron chi connectivity index (χ1n) is 9.34. The fourth-order valence-corrected chi connectivity index (χ4v) is 3.88. The summed E-state index contributed by atoms with van der Waals surface area (Å²) < 4.78 is 10.9. The summed E-state index contributed by atoms with van der Waals surface area (Å²) in [6.07, 6.45) is 2.15. The van der Waals surface area contributed by atoms with Gasteiger partial charge in [0.2, 0.25) is 0 Å². The average molecular weight is 357 g/mol. The van der Waals surface area contributed by atoms with Gasteiger partial charge in [0.05, 0.1) is 19.3 Å². The lowest BCUT2D eigenvalue weighted by Crippen LogP contribution is -2.57. The van der Waals surface area contributed by atoms with Gasteiger partial charge in [-0.15, -0.1) is 0 Å². The van der Waals surface area contributed by atoms with E-state index < -0.39 is 0 Å². The van der Waals surface area contributed by atoms with Gasteiger partial charge in [0.25, 0.3) is 0 Å².